The third-order valence-electron chi connectivity index (χ3n) is 4.38. The zero-order valence-electron chi connectivity index (χ0n) is 14.1. The van der Waals surface area contributed by atoms with Gasteiger partial charge in [-0.2, -0.15) is 0 Å². The minimum absolute atomic E-state index is 0.0364. The number of carbonyl (C=O) groups is 2. The SMILES string of the molecule is Cc1cccc(N[C@@H](C)C(=O)N2CC(=O)Nc3ccccc32)c1C. The van der Waals surface area contributed by atoms with Crippen LogP contribution in [0.4, 0.5) is 17.1 Å². The summed E-state index contributed by atoms with van der Waals surface area (Å²) in [5.74, 6) is -0.306. The van der Waals surface area contributed by atoms with Crippen molar-refractivity contribution in [1.82, 2.24) is 0 Å². The van der Waals surface area contributed by atoms with Crippen LogP contribution in [0, 0.1) is 13.8 Å². The molecule has 5 nitrogen and oxygen atoms in total. The van der Waals surface area contributed by atoms with Crippen LogP contribution in [0.3, 0.4) is 0 Å². The Morgan fingerprint density at radius 3 is 2.71 bits per heavy atom. The first kappa shape index (κ1) is 16.1. The van der Waals surface area contributed by atoms with Gasteiger partial charge < -0.3 is 10.6 Å². The molecule has 0 spiro atoms. The summed E-state index contributed by atoms with van der Waals surface area (Å²) in [5, 5.41) is 6.07. The molecule has 0 radical (unpaired) electrons. The average Bonchev–Trinajstić information content (AvgIpc) is 2.57. The Kier molecular flexibility index (Phi) is 4.25. The molecule has 0 aliphatic carbocycles. The second-order valence-corrected chi connectivity index (χ2v) is 6.10. The number of aryl methyl sites for hydroxylation is 1. The number of nitrogens with one attached hydrogen (secondary N) is 2. The van der Waals surface area contributed by atoms with E-state index in [0.29, 0.717) is 5.69 Å². The topological polar surface area (TPSA) is 61.4 Å². The molecule has 3 rings (SSSR count). The summed E-state index contributed by atoms with van der Waals surface area (Å²) in [6.45, 7) is 5.92. The van der Waals surface area contributed by atoms with Crippen LogP contribution in [0.2, 0.25) is 0 Å². The molecule has 0 saturated carbocycles. The van der Waals surface area contributed by atoms with Gasteiger partial charge in [-0.05, 0) is 50.1 Å². The number of nitrogens with zero attached hydrogens (tertiary/aromatic N) is 1. The molecule has 2 aromatic carbocycles. The number of amides is 2. The maximum atomic E-state index is 12.9. The van der Waals surface area contributed by atoms with Crippen molar-refractivity contribution in [3.05, 3.63) is 53.6 Å². The largest absolute Gasteiger partial charge is 0.374 e. The summed E-state index contributed by atoms with van der Waals surface area (Å²) >= 11 is 0. The molecule has 1 aliphatic rings. The van der Waals surface area contributed by atoms with Crippen LogP contribution in [0.15, 0.2) is 42.5 Å². The quantitative estimate of drug-likeness (QED) is 0.912. The van der Waals surface area contributed by atoms with Gasteiger partial charge in [-0.1, -0.05) is 24.3 Å². The lowest BCUT2D eigenvalue weighted by molar-refractivity contribution is -0.122. The molecule has 0 bridgehead atoms. The maximum Gasteiger partial charge on any atom is 0.249 e. The number of para-hydroxylation sites is 2. The zero-order chi connectivity index (χ0) is 17.3. The zero-order valence-corrected chi connectivity index (χ0v) is 14.1. The Morgan fingerprint density at radius 1 is 1.17 bits per heavy atom. The van der Waals surface area contributed by atoms with Gasteiger partial charge in [-0.3, -0.25) is 14.5 Å². The third-order valence-corrected chi connectivity index (χ3v) is 4.38. The molecule has 1 aliphatic heterocycles. The summed E-state index contributed by atoms with van der Waals surface area (Å²) in [6.07, 6.45) is 0. The van der Waals surface area contributed by atoms with Crippen LogP contribution in [0.5, 0.6) is 0 Å². The Labute approximate surface area is 141 Å². The van der Waals surface area contributed by atoms with Gasteiger partial charge in [-0.15, -0.1) is 0 Å². The first-order chi connectivity index (χ1) is 11.5. The van der Waals surface area contributed by atoms with Gasteiger partial charge in [0.15, 0.2) is 0 Å². The number of rotatable bonds is 3. The van der Waals surface area contributed by atoms with E-state index in [1.165, 1.54) is 10.5 Å². The van der Waals surface area contributed by atoms with E-state index in [0.717, 1.165) is 16.9 Å². The van der Waals surface area contributed by atoms with Crippen LogP contribution < -0.4 is 15.5 Å². The number of anilines is 3. The second kappa shape index (κ2) is 6.35. The smallest absolute Gasteiger partial charge is 0.249 e. The van der Waals surface area contributed by atoms with Gasteiger partial charge in [0.05, 0.1) is 11.4 Å². The van der Waals surface area contributed by atoms with Crippen molar-refractivity contribution < 1.29 is 9.59 Å². The van der Waals surface area contributed by atoms with Gasteiger partial charge in [-0.25, -0.2) is 0 Å². The molecule has 0 unspecified atom stereocenters. The lowest BCUT2D eigenvalue weighted by atomic mass is 10.1. The Balaban J connectivity index is 1.84. The summed E-state index contributed by atoms with van der Waals surface area (Å²) in [6, 6.07) is 12.9. The van der Waals surface area contributed by atoms with Crippen LogP contribution >= 0.6 is 0 Å². The van der Waals surface area contributed by atoms with Crippen molar-refractivity contribution in [1.29, 1.82) is 0 Å². The van der Waals surface area contributed by atoms with E-state index in [4.69, 9.17) is 0 Å². The highest BCUT2D eigenvalue weighted by Crippen LogP contribution is 2.29. The van der Waals surface area contributed by atoms with Crippen molar-refractivity contribution in [3.8, 4) is 0 Å². The van der Waals surface area contributed by atoms with Crippen molar-refractivity contribution >= 4 is 28.9 Å². The van der Waals surface area contributed by atoms with E-state index in [1.54, 1.807) is 6.07 Å². The number of hydrogen-bond donors (Lipinski definition) is 2. The molecule has 2 aromatic rings. The fourth-order valence-corrected chi connectivity index (χ4v) is 2.87. The normalized spacial score (nSPS) is 14.6. The molecule has 124 valence electrons. The van der Waals surface area contributed by atoms with Crippen molar-refractivity contribution in [2.75, 3.05) is 22.1 Å². The molecule has 0 fully saturated rings. The molecule has 1 atom stereocenters. The molecule has 2 amide bonds. The van der Waals surface area contributed by atoms with E-state index in [1.807, 2.05) is 57.2 Å². The van der Waals surface area contributed by atoms with Crippen LogP contribution in [0.25, 0.3) is 0 Å². The minimum Gasteiger partial charge on any atom is -0.374 e. The van der Waals surface area contributed by atoms with Gasteiger partial charge in [0.2, 0.25) is 11.8 Å². The molecule has 2 N–H and O–H groups in total. The van der Waals surface area contributed by atoms with Gasteiger partial charge in [0.25, 0.3) is 0 Å². The lowest BCUT2D eigenvalue weighted by Gasteiger charge is -2.31. The van der Waals surface area contributed by atoms with E-state index < -0.39 is 6.04 Å². The standard InChI is InChI=1S/C19H21N3O2/c1-12-7-6-9-15(13(12)2)20-14(3)19(24)22-11-18(23)21-16-8-4-5-10-17(16)22/h4-10,14,20H,11H2,1-3H3,(H,21,23)/t14-/m0/s1. The molecular weight excluding hydrogens is 302 g/mol. The molecule has 0 saturated heterocycles. The van der Waals surface area contributed by atoms with E-state index >= 15 is 0 Å². The van der Waals surface area contributed by atoms with E-state index in [2.05, 4.69) is 10.6 Å². The van der Waals surface area contributed by atoms with Gasteiger partial charge in [0.1, 0.15) is 12.6 Å². The molecule has 5 heteroatoms. The maximum absolute atomic E-state index is 12.9. The fourth-order valence-electron chi connectivity index (χ4n) is 2.87. The predicted octanol–water partition coefficient (Wildman–Crippen LogP) is 3.09. The average molecular weight is 323 g/mol. The Bertz CT molecular complexity index is 801. The third kappa shape index (κ3) is 2.97. The Hall–Kier alpha value is -2.82. The first-order valence-corrected chi connectivity index (χ1v) is 8.00. The molecule has 0 aromatic heterocycles. The molecule has 24 heavy (non-hydrogen) atoms. The summed E-state index contributed by atoms with van der Waals surface area (Å²) in [5.41, 5.74) is 4.62. The Morgan fingerprint density at radius 2 is 1.92 bits per heavy atom. The van der Waals surface area contributed by atoms with Gasteiger partial charge >= 0.3 is 0 Å². The summed E-state index contributed by atoms with van der Waals surface area (Å²) in [4.78, 5) is 26.3. The van der Waals surface area contributed by atoms with Crippen LogP contribution in [-0.4, -0.2) is 24.4 Å². The van der Waals surface area contributed by atoms with Crippen molar-refractivity contribution in [3.63, 3.8) is 0 Å². The number of hydrogen-bond acceptors (Lipinski definition) is 3. The highest BCUT2D eigenvalue weighted by Gasteiger charge is 2.29. The van der Waals surface area contributed by atoms with Crippen LogP contribution in [-0.2, 0) is 9.59 Å². The lowest BCUT2D eigenvalue weighted by Crippen LogP contribution is -2.47. The van der Waals surface area contributed by atoms with E-state index in [9.17, 15) is 9.59 Å². The minimum atomic E-state index is -0.440. The second-order valence-electron chi connectivity index (χ2n) is 6.10. The summed E-state index contributed by atoms with van der Waals surface area (Å²) < 4.78 is 0. The number of benzene rings is 2. The highest BCUT2D eigenvalue weighted by atomic mass is 16.2. The van der Waals surface area contributed by atoms with Crippen LogP contribution in [0.1, 0.15) is 18.1 Å². The molecular formula is C19H21N3O2. The molecule has 1 heterocycles. The van der Waals surface area contributed by atoms with Crippen molar-refractivity contribution in [2.45, 2.75) is 26.8 Å². The van der Waals surface area contributed by atoms with Gasteiger partial charge in [0, 0.05) is 5.69 Å². The number of carbonyl (C=O) groups excluding carboxylic acids is 2. The number of fused-ring (bicyclic) bond motifs is 1. The summed E-state index contributed by atoms with van der Waals surface area (Å²) in [7, 11) is 0. The first-order valence-electron chi connectivity index (χ1n) is 8.00. The van der Waals surface area contributed by atoms with Crippen molar-refractivity contribution in [2.24, 2.45) is 0 Å². The fraction of sp³-hybridized carbons (Fsp3) is 0.263. The highest BCUT2D eigenvalue weighted by molar-refractivity contribution is 6.11. The monoisotopic (exact) mass is 323 g/mol. The predicted molar refractivity (Wildman–Crippen MR) is 96.4 cm³/mol. The van der Waals surface area contributed by atoms with E-state index in [-0.39, 0.29) is 18.4 Å².